The second-order valence-corrected chi connectivity index (χ2v) is 6.45. The van der Waals surface area contributed by atoms with Crippen LogP contribution in [0, 0.1) is 0 Å². The number of imidazole rings is 1. The molecule has 13 heteroatoms. The Morgan fingerprint density at radius 2 is 1.96 bits per heavy atom. The molecule has 12 nitrogen and oxygen atoms in total. The van der Waals surface area contributed by atoms with Crippen LogP contribution in [0.3, 0.4) is 0 Å². The normalized spacial score (nSPS) is 29.3. The second kappa shape index (κ2) is 5.85. The summed E-state index contributed by atoms with van der Waals surface area (Å²) >= 11 is 0. The molecule has 1 saturated heterocycles. The van der Waals surface area contributed by atoms with Crippen LogP contribution in [-0.2, 0) is 9.26 Å². The Balaban J connectivity index is 1.84. The van der Waals surface area contributed by atoms with Crippen LogP contribution in [0.15, 0.2) is 12.7 Å². The molecule has 3 heterocycles. The first kappa shape index (κ1) is 16.4. The summed E-state index contributed by atoms with van der Waals surface area (Å²) in [5.74, 6) is 0.151. The fourth-order valence-corrected chi connectivity index (χ4v) is 2.73. The van der Waals surface area contributed by atoms with E-state index in [0.717, 1.165) is 0 Å². The molecule has 0 saturated carbocycles. The molecule has 0 aromatic carbocycles. The van der Waals surface area contributed by atoms with Crippen LogP contribution in [0.25, 0.3) is 11.2 Å². The Labute approximate surface area is 129 Å². The quantitative estimate of drug-likeness (QED) is 0.318. The first-order valence-corrected chi connectivity index (χ1v) is 8.28. The fourth-order valence-electron chi connectivity index (χ4n) is 2.35. The van der Waals surface area contributed by atoms with Crippen molar-refractivity contribution in [1.82, 2.24) is 19.5 Å². The summed E-state index contributed by atoms with van der Waals surface area (Å²) in [5, 5.41) is 20.1. The second-order valence-electron chi connectivity index (χ2n) is 5.01. The van der Waals surface area contributed by atoms with Crippen LogP contribution in [0.2, 0.25) is 0 Å². The summed E-state index contributed by atoms with van der Waals surface area (Å²) in [6.45, 7) is -0.520. The molecule has 0 radical (unpaired) electrons. The van der Waals surface area contributed by atoms with Gasteiger partial charge >= 0.3 is 128 Å². The average molecular weight is 349 g/mol. The number of anilines is 1. The molecule has 1 aliphatic heterocycles. The van der Waals surface area contributed by atoms with E-state index < -0.39 is 39.3 Å². The Bertz CT molecular complexity index is 706. The Kier molecular flexibility index (Phi) is 4.16. The van der Waals surface area contributed by atoms with Gasteiger partial charge in [0, 0.05) is 0 Å². The monoisotopic (exact) mass is 349 g/mol. The van der Waals surface area contributed by atoms with E-state index in [9.17, 15) is 10.2 Å². The predicted octanol–water partition coefficient (Wildman–Crippen LogP) is -2.57. The molecule has 1 fully saturated rings. The summed E-state index contributed by atoms with van der Waals surface area (Å²) < 4.78 is 11.3. The summed E-state index contributed by atoms with van der Waals surface area (Å²) in [6, 6.07) is 0. The maximum atomic E-state index is 10.1. The molecule has 2 aromatic heterocycles. The van der Waals surface area contributed by atoms with E-state index >= 15 is 0 Å². The van der Waals surface area contributed by atoms with Crippen LogP contribution in [0.4, 0.5) is 5.82 Å². The van der Waals surface area contributed by atoms with E-state index in [1.54, 1.807) is 0 Å². The van der Waals surface area contributed by atoms with Crippen LogP contribution < -0.4 is 5.73 Å². The molecular weight excluding hydrogens is 333 g/mol. The molecule has 23 heavy (non-hydrogen) atoms. The molecule has 0 bridgehead atoms. The zero-order chi connectivity index (χ0) is 16.8. The van der Waals surface area contributed by atoms with Crippen LogP contribution in [-0.4, -0.2) is 69.3 Å². The topological polar surface area (TPSA) is 189 Å². The minimum absolute atomic E-state index is 0.151. The van der Waals surface area contributed by atoms with Crippen molar-refractivity contribution in [1.29, 1.82) is 0 Å². The van der Waals surface area contributed by atoms with Crippen LogP contribution in [0.5, 0.6) is 0 Å². The van der Waals surface area contributed by atoms with Gasteiger partial charge in [0.2, 0.25) is 0 Å². The van der Waals surface area contributed by atoms with Crippen LogP contribution >= 0.6 is 8.17 Å². The summed E-state index contributed by atoms with van der Waals surface area (Å²) in [6.07, 6.45) is -2.34. The minimum atomic E-state index is -4.74. The molecule has 0 aliphatic carbocycles. The number of hydrogen-bond acceptors (Lipinski definition) is 11. The SMILES string of the molecule is Nc1ncnc2c1ncn2[C@@H]1O[C@H](CO[PH](O)(O)O)[C@@H](O)[C@H]1O. The number of aliphatic hydroxyl groups is 2. The molecule has 0 unspecified atom stereocenters. The summed E-state index contributed by atoms with van der Waals surface area (Å²) in [7, 11) is -4.74. The first-order chi connectivity index (χ1) is 10.8. The van der Waals surface area contributed by atoms with Crippen LogP contribution in [0.1, 0.15) is 6.23 Å². The van der Waals surface area contributed by atoms with Gasteiger partial charge in [-0.05, 0) is 0 Å². The first-order valence-electron chi connectivity index (χ1n) is 6.53. The Morgan fingerprint density at radius 3 is 2.65 bits per heavy atom. The van der Waals surface area contributed by atoms with Crippen molar-refractivity contribution in [2.24, 2.45) is 0 Å². The number of aliphatic hydroxyl groups excluding tert-OH is 2. The van der Waals surface area contributed by atoms with Gasteiger partial charge in [0.1, 0.15) is 0 Å². The molecule has 4 atom stereocenters. The summed E-state index contributed by atoms with van der Waals surface area (Å²) in [4.78, 5) is 38.3. The van der Waals surface area contributed by atoms with Gasteiger partial charge in [0.15, 0.2) is 0 Å². The Hall–Kier alpha value is -1.50. The zero-order valence-corrected chi connectivity index (χ0v) is 12.6. The molecule has 3 rings (SSSR count). The molecule has 0 amide bonds. The van der Waals surface area contributed by atoms with Gasteiger partial charge in [-0.25, -0.2) is 0 Å². The number of hydrogen-bond donors (Lipinski definition) is 6. The third kappa shape index (κ3) is 3.11. The fraction of sp³-hybridized carbons (Fsp3) is 0.500. The molecule has 128 valence electrons. The van der Waals surface area contributed by atoms with Crippen molar-refractivity contribution < 1.29 is 34.2 Å². The van der Waals surface area contributed by atoms with Gasteiger partial charge in [-0.15, -0.1) is 0 Å². The number of aromatic nitrogens is 4. The Morgan fingerprint density at radius 1 is 1.22 bits per heavy atom. The van der Waals surface area contributed by atoms with Crippen molar-refractivity contribution in [3.8, 4) is 0 Å². The molecule has 0 spiro atoms. The van der Waals surface area contributed by atoms with Crippen molar-refractivity contribution in [2.75, 3.05) is 12.3 Å². The van der Waals surface area contributed by atoms with Gasteiger partial charge in [-0.2, -0.15) is 0 Å². The third-order valence-corrected chi connectivity index (χ3v) is 3.99. The van der Waals surface area contributed by atoms with E-state index in [1.807, 2.05) is 0 Å². The van der Waals surface area contributed by atoms with Crippen molar-refractivity contribution in [3.63, 3.8) is 0 Å². The van der Waals surface area contributed by atoms with Crippen molar-refractivity contribution in [2.45, 2.75) is 24.5 Å². The van der Waals surface area contributed by atoms with Gasteiger partial charge < -0.3 is 0 Å². The molecule has 1 aliphatic rings. The van der Waals surface area contributed by atoms with Gasteiger partial charge in [0.25, 0.3) is 0 Å². The number of ether oxygens (including phenoxy) is 1. The van der Waals surface area contributed by atoms with Gasteiger partial charge in [-0.3, -0.25) is 0 Å². The van der Waals surface area contributed by atoms with E-state index in [4.69, 9.17) is 25.2 Å². The molecule has 2 aromatic rings. The number of nitrogens with two attached hydrogens (primary N) is 1. The van der Waals surface area contributed by atoms with Gasteiger partial charge in [0.05, 0.1) is 0 Å². The number of rotatable bonds is 4. The zero-order valence-electron chi connectivity index (χ0n) is 11.6. The van der Waals surface area contributed by atoms with Crippen molar-refractivity contribution >= 4 is 25.2 Å². The molecule has 7 N–H and O–H groups in total. The third-order valence-electron chi connectivity index (χ3n) is 3.44. The number of fused-ring (bicyclic) bond motifs is 1. The summed E-state index contributed by atoms with van der Waals surface area (Å²) in [5.41, 5.74) is 6.28. The average Bonchev–Trinajstić information content (AvgIpc) is 3.01. The van der Waals surface area contributed by atoms with E-state index in [-0.39, 0.29) is 5.82 Å². The van der Waals surface area contributed by atoms with E-state index in [1.165, 1.54) is 17.2 Å². The van der Waals surface area contributed by atoms with Gasteiger partial charge in [-0.1, -0.05) is 0 Å². The standard InChI is InChI=1S/C10H16N5O7P/c11-8-5-9(13-2-12-8)15(3-14-5)10-7(17)6(16)4(22-10)1-21-23(18,19)20/h2-4,6-7,10,16-20,23H,1H2,(H2,11,12,13)/t4-,6-,7-,10-/m1/s1. The number of nitrogen functional groups attached to an aromatic ring is 1. The maximum absolute atomic E-state index is 10.1. The van der Waals surface area contributed by atoms with Crippen molar-refractivity contribution in [3.05, 3.63) is 12.7 Å². The molecular formula is C10H16N5O7P. The van der Waals surface area contributed by atoms with E-state index in [2.05, 4.69) is 19.5 Å². The van der Waals surface area contributed by atoms with E-state index in [0.29, 0.717) is 11.2 Å². The predicted molar refractivity (Wildman–Crippen MR) is 76.6 cm³/mol. The number of nitrogens with zero attached hydrogens (tertiary/aromatic N) is 4.